The minimum absolute atomic E-state index is 0.315. The lowest BCUT2D eigenvalue weighted by molar-refractivity contribution is -0.0218. The van der Waals surface area contributed by atoms with Gasteiger partial charge >= 0.3 is 0 Å². The van der Waals surface area contributed by atoms with Gasteiger partial charge in [0.05, 0.1) is 30.0 Å². The number of rotatable bonds is 8. The fraction of sp³-hybridized carbons (Fsp3) is 0.440. The molecule has 1 unspecified atom stereocenters. The summed E-state index contributed by atoms with van der Waals surface area (Å²) in [5, 5.41) is 5.05. The number of nitrogens with two attached hydrogens (primary N) is 1. The number of nitrogens with zero attached hydrogens (tertiary/aromatic N) is 3. The molecule has 2 aromatic carbocycles. The van der Waals surface area contributed by atoms with Gasteiger partial charge in [0.25, 0.3) is 5.91 Å². The third-order valence-corrected chi connectivity index (χ3v) is 6.93. The summed E-state index contributed by atoms with van der Waals surface area (Å²) in [6, 6.07) is 12.1. The Morgan fingerprint density at radius 1 is 1.06 bits per heavy atom. The van der Waals surface area contributed by atoms with E-state index in [-0.39, 0.29) is 0 Å². The number of carbonyl (C=O) groups excluding carboxylic acids is 1. The molecule has 2 fully saturated rings. The van der Waals surface area contributed by atoms with Crippen LogP contribution in [-0.4, -0.2) is 59.0 Å². The highest BCUT2D eigenvalue weighted by atomic mass is 16.5. The monoisotopic (exact) mass is 450 g/mol. The minimum atomic E-state index is -0.548. The van der Waals surface area contributed by atoms with E-state index in [0.29, 0.717) is 48.5 Å². The summed E-state index contributed by atoms with van der Waals surface area (Å²) in [6.07, 6.45) is 6.87. The molecular weight excluding hydrogens is 420 g/mol. The van der Waals surface area contributed by atoms with Gasteiger partial charge in [-0.05, 0) is 63.1 Å². The van der Waals surface area contributed by atoms with Crippen molar-refractivity contribution in [3.63, 3.8) is 0 Å². The van der Waals surface area contributed by atoms with Gasteiger partial charge in [0, 0.05) is 30.6 Å². The van der Waals surface area contributed by atoms with Gasteiger partial charge in [0.1, 0.15) is 23.9 Å². The van der Waals surface area contributed by atoms with Gasteiger partial charge in [0.15, 0.2) is 0 Å². The zero-order valence-electron chi connectivity index (χ0n) is 19.1. The zero-order valence-corrected chi connectivity index (χ0v) is 19.1. The average molecular weight is 451 g/mol. The predicted octanol–water partition coefficient (Wildman–Crippen LogP) is 3.49. The minimum Gasteiger partial charge on any atom is -0.491 e. The van der Waals surface area contributed by atoms with Crippen molar-refractivity contribution < 1.29 is 19.0 Å². The van der Waals surface area contributed by atoms with Crippen LogP contribution < -0.4 is 15.2 Å². The molecule has 8 nitrogen and oxygen atoms in total. The third kappa shape index (κ3) is 4.54. The van der Waals surface area contributed by atoms with Gasteiger partial charge < -0.3 is 24.8 Å². The number of piperidine rings is 1. The van der Waals surface area contributed by atoms with Gasteiger partial charge in [-0.1, -0.05) is 0 Å². The molecule has 1 amide bonds. The molecule has 0 spiro atoms. The summed E-state index contributed by atoms with van der Waals surface area (Å²) >= 11 is 0. The Morgan fingerprint density at radius 3 is 2.45 bits per heavy atom. The van der Waals surface area contributed by atoms with Crippen molar-refractivity contribution in [2.45, 2.75) is 43.9 Å². The fourth-order valence-electron chi connectivity index (χ4n) is 5.06. The van der Waals surface area contributed by atoms with Gasteiger partial charge in [-0.25, -0.2) is 0 Å². The van der Waals surface area contributed by atoms with Crippen molar-refractivity contribution in [3.8, 4) is 17.2 Å². The van der Waals surface area contributed by atoms with Crippen molar-refractivity contribution in [2.75, 3.05) is 20.3 Å². The van der Waals surface area contributed by atoms with Crippen LogP contribution in [0.15, 0.2) is 42.6 Å². The predicted molar refractivity (Wildman–Crippen MR) is 125 cm³/mol. The molecule has 0 saturated carbocycles. The maximum atomic E-state index is 11.9. The van der Waals surface area contributed by atoms with E-state index in [9.17, 15) is 4.79 Å². The van der Waals surface area contributed by atoms with Crippen molar-refractivity contribution in [1.82, 2.24) is 14.7 Å². The van der Waals surface area contributed by atoms with Crippen LogP contribution in [0.2, 0.25) is 0 Å². The van der Waals surface area contributed by atoms with Crippen LogP contribution >= 0.6 is 0 Å². The highest BCUT2D eigenvalue weighted by molar-refractivity contribution is 6.00. The second-order valence-corrected chi connectivity index (χ2v) is 8.98. The van der Waals surface area contributed by atoms with E-state index in [4.69, 9.17) is 19.9 Å². The van der Waals surface area contributed by atoms with Crippen LogP contribution in [0.25, 0.3) is 10.9 Å². The second-order valence-electron chi connectivity index (χ2n) is 8.98. The van der Waals surface area contributed by atoms with Gasteiger partial charge in [0.2, 0.25) is 0 Å². The first-order chi connectivity index (χ1) is 16.0. The normalized spacial score (nSPS) is 22.5. The quantitative estimate of drug-likeness (QED) is 0.528. The van der Waals surface area contributed by atoms with Crippen LogP contribution in [0.1, 0.15) is 36.0 Å². The molecule has 2 aliphatic heterocycles. The number of primary amides is 1. The van der Waals surface area contributed by atoms with E-state index >= 15 is 0 Å². The van der Waals surface area contributed by atoms with E-state index in [2.05, 4.69) is 17.0 Å². The Hall–Kier alpha value is -3.10. The molecular formula is C25H30N4O4. The summed E-state index contributed by atoms with van der Waals surface area (Å²) in [6.45, 7) is 1.09. The first-order valence-electron chi connectivity index (χ1n) is 11.5. The number of aryl methyl sites for hydroxylation is 1. The number of hydrogen-bond acceptors (Lipinski definition) is 6. The Bertz CT molecular complexity index is 1130. The Kier molecular flexibility index (Phi) is 5.95. The first-order valence-corrected chi connectivity index (χ1v) is 11.5. The number of amides is 1. The van der Waals surface area contributed by atoms with Gasteiger partial charge in [-0.2, -0.15) is 5.10 Å². The second kappa shape index (κ2) is 9.03. The Balaban J connectivity index is 1.15. The van der Waals surface area contributed by atoms with Crippen LogP contribution in [0.4, 0.5) is 0 Å². The molecule has 8 heteroatoms. The molecule has 2 aliphatic rings. The molecule has 2 saturated heterocycles. The fourth-order valence-corrected chi connectivity index (χ4v) is 5.06. The van der Waals surface area contributed by atoms with Gasteiger partial charge in [-0.15, -0.1) is 0 Å². The van der Waals surface area contributed by atoms with Crippen LogP contribution in [0, 0.1) is 0 Å². The molecule has 1 aromatic heterocycles. The number of benzene rings is 2. The summed E-state index contributed by atoms with van der Waals surface area (Å²) < 4.78 is 19.6. The molecule has 5 rings (SSSR count). The number of hydrogen-bond donors (Lipinski definition) is 1. The maximum Gasteiger partial charge on any atom is 0.252 e. The topological polar surface area (TPSA) is 91.8 Å². The van der Waals surface area contributed by atoms with Crippen molar-refractivity contribution in [1.29, 1.82) is 0 Å². The number of carbonyl (C=O) groups is 1. The lowest BCUT2D eigenvalue weighted by atomic mass is 10.0. The van der Waals surface area contributed by atoms with Crippen LogP contribution in [0.5, 0.6) is 17.2 Å². The SMILES string of the molecule is CN1[C@@H]2CC[C@H]1CC(OCCOc1ccc(Oc3cc4c(cnn4C)cc3C(N)=O)cc1)C2. The van der Waals surface area contributed by atoms with Crippen molar-refractivity contribution in [3.05, 3.63) is 48.2 Å². The molecule has 2 N–H and O–H groups in total. The molecule has 0 radical (unpaired) electrons. The van der Waals surface area contributed by atoms with E-state index in [1.165, 1.54) is 12.8 Å². The van der Waals surface area contributed by atoms with E-state index in [1.807, 2.05) is 31.3 Å². The Labute approximate surface area is 193 Å². The molecule has 3 atom stereocenters. The molecule has 33 heavy (non-hydrogen) atoms. The molecule has 2 bridgehead atoms. The maximum absolute atomic E-state index is 11.9. The molecule has 3 heterocycles. The largest absolute Gasteiger partial charge is 0.491 e. The summed E-state index contributed by atoms with van der Waals surface area (Å²) in [7, 11) is 4.07. The number of ether oxygens (including phenoxy) is 3. The van der Waals surface area contributed by atoms with Crippen molar-refractivity contribution in [2.24, 2.45) is 12.8 Å². The third-order valence-electron chi connectivity index (χ3n) is 6.93. The summed E-state index contributed by atoms with van der Waals surface area (Å²) in [5.74, 6) is 1.18. The van der Waals surface area contributed by atoms with Crippen LogP contribution in [-0.2, 0) is 11.8 Å². The smallest absolute Gasteiger partial charge is 0.252 e. The number of aromatic nitrogens is 2. The lowest BCUT2D eigenvalue weighted by Crippen LogP contribution is -2.43. The van der Waals surface area contributed by atoms with E-state index < -0.39 is 5.91 Å². The molecule has 174 valence electrons. The number of fused-ring (bicyclic) bond motifs is 3. The van der Waals surface area contributed by atoms with Crippen LogP contribution in [0.3, 0.4) is 0 Å². The van der Waals surface area contributed by atoms with Gasteiger partial charge in [-0.3, -0.25) is 9.48 Å². The summed E-state index contributed by atoms with van der Waals surface area (Å²) in [4.78, 5) is 14.4. The first kappa shape index (κ1) is 21.7. The lowest BCUT2D eigenvalue weighted by Gasteiger charge is -2.36. The van der Waals surface area contributed by atoms with Crippen molar-refractivity contribution >= 4 is 16.8 Å². The molecule has 0 aliphatic carbocycles. The Morgan fingerprint density at radius 2 is 1.76 bits per heavy atom. The average Bonchev–Trinajstić information content (AvgIpc) is 3.24. The highest BCUT2D eigenvalue weighted by Crippen LogP contribution is 2.35. The standard InChI is InChI=1S/C25H30N4O4/c1-28-17-3-4-18(28)13-21(12-17)32-10-9-31-19-5-7-20(8-6-19)33-24-14-23-16(15-27-29(23)2)11-22(24)25(26)30/h5-8,11,14-15,17-18,21H,3-4,9-10,12-13H2,1-2H3,(H2,26,30)/t17-,18+,21?. The molecule has 3 aromatic rings. The zero-order chi connectivity index (χ0) is 22.9. The highest BCUT2D eigenvalue weighted by Gasteiger charge is 2.38. The summed E-state index contributed by atoms with van der Waals surface area (Å²) in [5.41, 5.74) is 6.73. The van der Waals surface area contributed by atoms with E-state index in [1.54, 1.807) is 23.0 Å². The van der Waals surface area contributed by atoms with E-state index in [0.717, 1.165) is 29.5 Å².